The van der Waals surface area contributed by atoms with E-state index in [0.29, 0.717) is 5.76 Å². The van der Waals surface area contributed by atoms with Crippen molar-refractivity contribution < 1.29 is 23.5 Å². The topological polar surface area (TPSA) is 88.8 Å². The lowest BCUT2D eigenvalue weighted by atomic mass is 9.99. The van der Waals surface area contributed by atoms with E-state index in [1.54, 1.807) is 19.1 Å². The van der Waals surface area contributed by atoms with E-state index < -0.39 is 30.0 Å². The number of hydrogen-bond donors (Lipinski definition) is 1. The molecule has 2 rings (SSSR count). The number of ether oxygens (including phenoxy) is 1. The molecule has 0 spiro atoms. The van der Waals surface area contributed by atoms with E-state index >= 15 is 0 Å². The lowest BCUT2D eigenvalue weighted by Gasteiger charge is -2.18. The Hall–Kier alpha value is -2.31. The number of rotatable bonds is 4. The number of imide groups is 1. The van der Waals surface area contributed by atoms with Crippen LogP contribution < -0.4 is 5.32 Å². The SMILES string of the molecule is CCOC(=O)CN1C(=O)NC(C)(c2ccco2)C1=O. The van der Waals surface area contributed by atoms with E-state index in [1.165, 1.54) is 13.2 Å². The number of nitrogens with one attached hydrogen (secondary N) is 1. The minimum atomic E-state index is -1.28. The third-order valence-electron chi connectivity index (χ3n) is 2.88. The Labute approximate surface area is 109 Å². The molecule has 1 aromatic rings. The molecule has 1 unspecified atom stereocenters. The highest BCUT2D eigenvalue weighted by Crippen LogP contribution is 2.28. The molecule has 0 aliphatic carbocycles. The maximum Gasteiger partial charge on any atom is 0.326 e. The fraction of sp³-hybridized carbons (Fsp3) is 0.417. The van der Waals surface area contributed by atoms with Crippen LogP contribution in [0.5, 0.6) is 0 Å². The summed E-state index contributed by atoms with van der Waals surface area (Å²) in [6.07, 6.45) is 1.41. The lowest BCUT2D eigenvalue weighted by Crippen LogP contribution is -2.41. The molecule has 7 nitrogen and oxygen atoms in total. The summed E-state index contributed by atoms with van der Waals surface area (Å²) in [4.78, 5) is 36.2. The van der Waals surface area contributed by atoms with Gasteiger partial charge in [-0.25, -0.2) is 4.79 Å². The van der Waals surface area contributed by atoms with Crippen molar-refractivity contribution in [3.05, 3.63) is 24.2 Å². The molecule has 102 valence electrons. The first-order valence-electron chi connectivity index (χ1n) is 5.82. The molecule has 1 aliphatic rings. The average Bonchev–Trinajstić information content (AvgIpc) is 2.94. The van der Waals surface area contributed by atoms with Gasteiger partial charge in [0.25, 0.3) is 5.91 Å². The first-order valence-corrected chi connectivity index (χ1v) is 5.82. The van der Waals surface area contributed by atoms with Crippen molar-refractivity contribution in [1.29, 1.82) is 0 Å². The Morgan fingerprint density at radius 3 is 2.84 bits per heavy atom. The Bertz CT molecular complexity index is 510. The van der Waals surface area contributed by atoms with E-state index in [4.69, 9.17) is 9.15 Å². The second kappa shape index (κ2) is 4.75. The molecule has 0 saturated carbocycles. The van der Waals surface area contributed by atoms with Crippen molar-refractivity contribution in [3.63, 3.8) is 0 Å². The van der Waals surface area contributed by atoms with Crippen molar-refractivity contribution >= 4 is 17.9 Å². The molecule has 19 heavy (non-hydrogen) atoms. The first-order chi connectivity index (χ1) is 8.99. The van der Waals surface area contributed by atoms with Crippen LogP contribution in [0.4, 0.5) is 4.79 Å². The minimum absolute atomic E-state index is 0.192. The molecule has 7 heteroatoms. The molecular formula is C12H14N2O5. The molecule has 1 N–H and O–H groups in total. The second-order valence-electron chi connectivity index (χ2n) is 4.23. The Balaban J connectivity index is 2.19. The van der Waals surface area contributed by atoms with Crippen LogP contribution in [-0.4, -0.2) is 36.0 Å². The van der Waals surface area contributed by atoms with Crippen LogP contribution in [0.3, 0.4) is 0 Å². The summed E-state index contributed by atoms with van der Waals surface area (Å²) in [5.74, 6) is -0.854. The summed E-state index contributed by atoms with van der Waals surface area (Å²) in [5, 5.41) is 2.52. The number of nitrogens with zero attached hydrogens (tertiary/aromatic N) is 1. The van der Waals surface area contributed by atoms with Crippen molar-refractivity contribution in [3.8, 4) is 0 Å². The predicted molar refractivity (Wildman–Crippen MR) is 62.9 cm³/mol. The van der Waals surface area contributed by atoms with E-state index in [9.17, 15) is 14.4 Å². The zero-order valence-corrected chi connectivity index (χ0v) is 10.6. The maximum atomic E-state index is 12.3. The van der Waals surface area contributed by atoms with Crippen LogP contribution in [0.2, 0.25) is 0 Å². The van der Waals surface area contributed by atoms with Gasteiger partial charge in [0, 0.05) is 0 Å². The van der Waals surface area contributed by atoms with Gasteiger partial charge in [-0.1, -0.05) is 0 Å². The molecule has 1 saturated heterocycles. The van der Waals surface area contributed by atoms with Gasteiger partial charge in [-0.15, -0.1) is 0 Å². The number of hydrogen-bond acceptors (Lipinski definition) is 5. The van der Waals surface area contributed by atoms with Crippen LogP contribution in [-0.2, 0) is 19.9 Å². The second-order valence-corrected chi connectivity index (χ2v) is 4.23. The van der Waals surface area contributed by atoms with Gasteiger partial charge in [-0.3, -0.25) is 14.5 Å². The van der Waals surface area contributed by atoms with Crippen molar-refractivity contribution in [2.24, 2.45) is 0 Å². The summed E-state index contributed by atoms with van der Waals surface area (Å²) >= 11 is 0. The molecular weight excluding hydrogens is 252 g/mol. The minimum Gasteiger partial charge on any atom is -0.466 e. The van der Waals surface area contributed by atoms with Gasteiger partial charge in [-0.2, -0.15) is 0 Å². The Morgan fingerprint density at radius 2 is 2.26 bits per heavy atom. The van der Waals surface area contributed by atoms with Gasteiger partial charge in [0.2, 0.25) is 0 Å². The first kappa shape index (κ1) is 13.1. The highest BCUT2D eigenvalue weighted by Gasteiger charge is 2.51. The summed E-state index contributed by atoms with van der Waals surface area (Å²) in [6, 6.07) is 2.57. The number of amides is 3. The van der Waals surface area contributed by atoms with Gasteiger partial charge in [0.15, 0.2) is 5.54 Å². The van der Waals surface area contributed by atoms with Gasteiger partial charge in [-0.05, 0) is 26.0 Å². The smallest absolute Gasteiger partial charge is 0.326 e. The summed E-state index contributed by atoms with van der Waals surface area (Å²) < 4.78 is 9.88. The van der Waals surface area contributed by atoms with Gasteiger partial charge >= 0.3 is 12.0 Å². The number of carbonyl (C=O) groups is 3. The quantitative estimate of drug-likeness (QED) is 0.637. The number of urea groups is 1. The van der Waals surface area contributed by atoms with E-state index in [-0.39, 0.29) is 6.61 Å². The highest BCUT2D eigenvalue weighted by molar-refractivity contribution is 6.08. The molecule has 0 radical (unpaired) electrons. The van der Waals surface area contributed by atoms with Crippen molar-refractivity contribution in [1.82, 2.24) is 10.2 Å². The number of carbonyl (C=O) groups excluding carboxylic acids is 3. The predicted octanol–water partition coefficient (Wildman–Crippen LogP) is 0.610. The van der Waals surface area contributed by atoms with Crippen LogP contribution >= 0.6 is 0 Å². The molecule has 0 aromatic carbocycles. The summed E-state index contributed by atoms with van der Waals surface area (Å²) in [6.45, 7) is 2.96. The van der Waals surface area contributed by atoms with Crippen LogP contribution in [0.25, 0.3) is 0 Å². The zero-order valence-electron chi connectivity index (χ0n) is 10.6. The molecule has 1 aromatic heterocycles. The third kappa shape index (κ3) is 2.18. The number of furan rings is 1. The van der Waals surface area contributed by atoms with Gasteiger partial charge < -0.3 is 14.5 Å². The van der Waals surface area contributed by atoms with Crippen LogP contribution in [0.1, 0.15) is 19.6 Å². The molecule has 1 fully saturated rings. The molecule has 1 atom stereocenters. The van der Waals surface area contributed by atoms with Crippen LogP contribution in [0.15, 0.2) is 22.8 Å². The molecule has 2 heterocycles. The zero-order chi connectivity index (χ0) is 14.0. The van der Waals surface area contributed by atoms with E-state index in [0.717, 1.165) is 4.90 Å². The normalized spacial score (nSPS) is 22.5. The van der Waals surface area contributed by atoms with Crippen LogP contribution in [0, 0.1) is 0 Å². The average molecular weight is 266 g/mol. The number of esters is 1. The monoisotopic (exact) mass is 266 g/mol. The van der Waals surface area contributed by atoms with Crippen molar-refractivity contribution in [2.45, 2.75) is 19.4 Å². The van der Waals surface area contributed by atoms with E-state index in [2.05, 4.69) is 5.32 Å². The lowest BCUT2D eigenvalue weighted by molar-refractivity contribution is -0.147. The van der Waals surface area contributed by atoms with Gasteiger partial charge in [0.1, 0.15) is 12.3 Å². The van der Waals surface area contributed by atoms with Gasteiger partial charge in [0.05, 0.1) is 12.9 Å². The summed E-state index contributed by atoms with van der Waals surface area (Å²) in [7, 11) is 0. The largest absolute Gasteiger partial charge is 0.466 e. The summed E-state index contributed by atoms with van der Waals surface area (Å²) in [5.41, 5.74) is -1.28. The van der Waals surface area contributed by atoms with Crippen molar-refractivity contribution in [2.75, 3.05) is 13.2 Å². The molecule has 0 bridgehead atoms. The highest BCUT2D eigenvalue weighted by atomic mass is 16.5. The standard InChI is InChI=1S/C12H14N2O5/c1-3-18-9(15)7-14-10(16)12(2,13-11(14)17)8-5-4-6-19-8/h4-6H,3,7H2,1-2H3,(H,13,17). The fourth-order valence-corrected chi connectivity index (χ4v) is 1.91. The third-order valence-corrected chi connectivity index (χ3v) is 2.88. The molecule has 3 amide bonds. The van der Waals surface area contributed by atoms with E-state index in [1.807, 2.05) is 0 Å². The Kier molecular flexibility index (Phi) is 3.28. The Morgan fingerprint density at radius 1 is 1.53 bits per heavy atom. The fourth-order valence-electron chi connectivity index (χ4n) is 1.91. The molecule has 1 aliphatic heterocycles. The maximum absolute atomic E-state index is 12.3.